The Hall–Kier alpha value is -0.880. The van der Waals surface area contributed by atoms with Crippen molar-refractivity contribution in [3.05, 3.63) is 69.4 Å². The lowest BCUT2D eigenvalue weighted by Gasteiger charge is -2.14. The highest BCUT2D eigenvalue weighted by molar-refractivity contribution is 9.10. The van der Waals surface area contributed by atoms with E-state index in [0.29, 0.717) is 11.1 Å². The maximum Gasteiger partial charge on any atom is 0.416 e. The molecule has 0 aliphatic rings. The van der Waals surface area contributed by atoms with Crippen molar-refractivity contribution in [3.63, 3.8) is 0 Å². The van der Waals surface area contributed by atoms with Gasteiger partial charge in [0, 0.05) is 0 Å². The summed E-state index contributed by atoms with van der Waals surface area (Å²) >= 11 is 6.40. The molecule has 0 saturated heterocycles. The van der Waals surface area contributed by atoms with Crippen LogP contribution < -0.4 is 0 Å². The summed E-state index contributed by atoms with van der Waals surface area (Å²) in [4.78, 5) is -0.443. The summed E-state index contributed by atoms with van der Waals surface area (Å²) in [6.07, 6.45) is -4.38. The lowest BCUT2D eigenvalue weighted by molar-refractivity contribution is -0.137. The first-order valence-electron chi connectivity index (χ1n) is 5.55. The summed E-state index contributed by atoms with van der Waals surface area (Å²) in [5, 5.41) is 0. The van der Waals surface area contributed by atoms with Crippen LogP contribution in [0.1, 0.15) is 21.5 Å². The quantitative estimate of drug-likeness (QED) is 0.414. The van der Waals surface area contributed by atoms with Gasteiger partial charge < -0.3 is 0 Å². The molecule has 1 unspecified atom stereocenters. The molecular weight excluding hydrogens is 404 g/mol. The molecule has 2 rings (SSSR count). The summed E-state index contributed by atoms with van der Waals surface area (Å²) in [5.41, 5.74) is 0.413. The molecule has 0 amide bonds. The second-order valence-electron chi connectivity index (χ2n) is 4.16. The van der Waals surface area contributed by atoms with Gasteiger partial charge in [0.05, 0.1) is 14.9 Å². The first-order valence-corrected chi connectivity index (χ1v) is 7.26. The van der Waals surface area contributed by atoms with E-state index in [1.54, 1.807) is 6.07 Å². The van der Waals surface area contributed by atoms with Crippen LogP contribution >= 0.6 is 31.9 Å². The molecule has 20 heavy (non-hydrogen) atoms. The molecule has 0 radical (unpaired) electrons. The van der Waals surface area contributed by atoms with E-state index in [1.807, 2.05) is 0 Å². The summed E-state index contributed by atoms with van der Waals surface area (Å²) in [7, 11) is 0. The molecule has 2 aromatic rings. The highest BCUT2D eigenvalue weighted by Crippen LogP contribution is 2.36. The van der Waals surface area contributed by atoms with Gasteiger partial charge in [-0.3, -0.25) is 0 Å². The maximum absolute atomic E-state index is 13.2. The molecule has 2 aromatic carbocycles. The molecular formula is C14H8Br2F4. The van der Waals surface area contributed by atoms with E-state index >= 15 is 0 Å². The molecule has 0 fully saturated rings. The van der Waals surface area contributed by atoms with Crippen molar-refractivity contribution in [3.8, 4) is 0 Å². The van der Waals surface area contributed by atoms with Gasteiger partial charge in [-0.15, -0.1) is 0 Å². The van der Waals surface area contributed by atoms with Gasteiger partial charge >= 0.3 is 6.18 Å². The Balaban J connectivity index is 2.38. The number of hydrogen-bond acceptors (Lipinski definition) is 0. The minimum absolute atomic E-state index is 0.270. The predicted molar refractivity (Wildman–Crippen MR) is 76.3 cm³/mol. The second kappa shape index (κ2) is 5.85. The van der Waals surface area contributed by atoms with Gasteiger partial charge in [-0.2, -0.15) is 13.2 Å². The molecule has 0 aliphatic heterocycles. The summed E-state index contributed by atoms with van der Waals surface area (Å²) in [6, 6.07) is 9.37. The second-order valence-corrected chi connectivity index (χ2v) is 5.93. The van der Waals surface area contributed by atoms with Gasteiger partial charge in [0.25, 0.3) is 0 Å². The van der Waals surface area contributed by atoms with Crippen molar-refractivity contribution in [2.75, 3.05) is 0 Å². The van der Waals surface area contributed by atoms with Gasteiger partial charge in [0.15, 0.2) is 0 Å². The Morgan fingerprint density at radius 3 is 2.20 bits per heavy atom. The monoisotopic (exact) mass is 410 g/mol. The zero-order valence-electron chi connectivity index (χ0n) is 9.89. The van der Waals surface area contributed by atoms with Gasteiger partial charge in [0.1, 0.15) is 5.82 Å². The van der Waals surface area contributed by atoms with Gasteiger partial charge in [-0.25, -0.2) is 4.39 Å². The van der Waals surface area contributed by atoms with Crippen molar-refractivity contribution < 1.29 is 17.6 Å². The summed E-state index contributed by atoms with van der Waals surface area (Å²) in [5.74, 6) is -0.419. The van der Waals surface area contributed by atoms with Crippen LogP contribution in [0, 0.1) is 5.82 Å². The van der Waals surface area contributed by atoms with Gasteiger partial charge in [-0.05, 0) is 45.3 Å². The third-order valence-corrected chi connectivity index (χ3v) is 4.41. The van der Waals surface area contributed by atoms with E-state index < -0.39 is 22.4 Å². The Morgan fingerprint density at radius 1 is 0.950 bits per heavy atom. The van der Waals surface area contributed by atoms with Crippen LogP contribution in [0.2, 0.25) is 0 Å². The lowest BCUT2D eigenvalue weighted by atomic mass is 10.0. The molecule has 0 saturated carbocycles. The number of rotatable bonds is 2. The molecule has 1 atom stereocenters. The molecule has 0 heterocycles. The number of hydrogen-bond donors (Lipinski definition) is 0. The first kappa shape index (κ1) is 15.5. The lowest BCUT2D eigenvalue weighted by Crippen LogP contribution is -2.06. The van der Waals surface area contributed by atoms with E-state index in [1.165, 1.54) is 24.3 Å². The molecule has 0 nitrogen and oxygen atoms in total. The minimum Gasteiger partial charge on any atom is -0.206 e. The first-order chi connectivity index (χ1) is 9.29. The molecule has 0 bridgehead atoms. The highest BCUT2D eigenvalue weighted by atomic mass is 79.9. The zero-order valence-corrected chi connectivity index (χ0v) is 13.1. The van der Waals surface area contributed by atoms with Gasteiger partial charge in [0.2, 0.25) is 0 Å². The largest absolute Gasteiger partial charge is 0.416 e. The van der Waals surface area contributed by atoms with E-state index in [0.717, 1.165) is 12.1 Å². The van der Waals surface area contributed by atoms with Crippen molar-refractivity contribution in [1.29, 1.82) is 0 Å². The van der Waals surface area contributed by atoms with Crippen molar-refractivity contribution in [2.45, 2.75) is 11.0 Å². The fourth-order valence-electron chi connectivity index (χ4n) is 1.74. The summed E-state index contributed by atoms with van der Waals surface area (Å²) < 4.78 is 51.5. The van der Waals surface area contributed by atoms with Crippen LogP contribution in [0.4, 0.5) is 17.6 Å². The minimum atomic E-state index is -4.38. The Kier molecular flexibility index (Phi) is 4.54. The van der Waals surface area contributed by atoms with Crippen LogP contribution in [-0.4, -0.2) is 0 Å². The molecule has 0 N–H and O–H groups in total. The van der Waals surface area contributed by atoms with E-state index in [-0.39, 0.29) is 4.47 Å². The average molecular weight is 412 g/mol. The predicted octanol–water partition coefficient (Wildman–Crippen LogP) is 6.09. The number of alkyl halides is 4. The Bertz CT molecular complexity index is 623. The SMILES string of the molecule is Fc1ccc(C(Br)c2cccc(C(F)(F)F)c2)cc1Br. The van der Waals surface area contributed by atoms with Crippen LogP contribution in [0.25, 0.3) is 0 Å². The molecule has 0 spiro atoms. The number of benzene rings is 2. The topological polar surface area (TPSA) is 0 Å². The van der Waals surface area contributed by atoms with Gasteiger partial charge in [-0.1, -0.05) is 40.2 Å². The normalized spacial score (nSPS) is 13.3. The van der Waals surface area contributed by atoms with E-state index in [9.17, 15) is 17.6 Å². The zero-order chi connectivity index (χ0) is 14.9. The number of halogens is 6. The van der Waals surface area contributed by atoms with Crippen molar-refractivity contribution >= 4 is 31.9 Å². The summed E-state index contributed by atoms with van der Waals surface area (Å²) in [6.45, 7) is 0. The molecule has 0 aromatic heterocycles. The van der Waals surface area contributed by atoms with Crippen LogP contribution in [-0.2, 0) is 6.18 Å². The molecule has 106 valence electrons. The van der Waals surface area contributed by atoms with Crippen LogP contribution in [0.15, 0.2) is 46.9 Å². The van der Waals surface area contributed by atoms with Crippen LogP contribution in [0.3, 0.4) is 0 Å². The Morgan fingerprint density at radius 2 is 1.60 bits per heavy atom. The highest BCUT2D eigenvalue weighted by Gasteiger charge is 2.30. The van der Waals surface area contributed by atoms with Crippen molar-refractivity contribution in [1.82, 2.24) is 0 Å². The van der Waals surface area contributed by atoms with Crippen molar-refractivity contribution in [2.24, 2.45) is 0 Å². The molecule has 6 heteroatoms. The average Bonchev–Trinajstić information content (AvgIpc) is 2.40. The van der Waals surface area contributed by atoms with E-state index in [4.69, 9.17) is 0 Å². The maximum atomic E-state index is 13.2. The standard InChI is InChI=1S/C14H8Br2F4/c15-11-7-9(4-5-12(11)17)13(16)8-2-1-3-10(6-8)14(18,19)20/h1-7,13H. The fourth-order valence-corrected chi connectivity index (χ4v) is 2.70. The molecule has 0 aliphatic carbocycles. The van der Waals surface area contributed by atoms with Crippen LogP contribution in [0.5, 0.6) is 0 Å². The van der Waals surface area contributed by atoms with E-state index in [2.05, 4.69) is 31.9 Å². The smallest absolute Gasteiger partial charge is 0.206 e. The Labute approximate surface area is 130 Å². The third kappa shape index (κ3) is 3.41. The third-order valence-electron chi connectivity index (χ3n) is 2.74. The fraction of sp³-hybridized carbons (Fsp3) is 0.143.